The van der Waals surface area contributed by atoms with Gasteiger partial charge in [-0.15, -0.1) is 0 Å². The Balaban J connectivity index is 1.58. The topological polar surface area (TPSA) is 97.3 Å². The van der Waals surface area contributed by atoms with Crippen LogP contribution in [0, 0.1) is 11.7 Å². The van der Waals surface area contributed by atoms with E-state index in [9.17, 15) is 14.7 Å². The number of benzene rings is 4. The molecule has 4 aromatic carbocycles. The number of fused-ring (bicyclic) bond motifs is 1. The van der Waals surface area contributed by atoms with Gasteiger partial charge in [-0.25, -0.2) is 4.39 Å². The normalized spacial score (nSPS) is 21.4. The Morgan fingerprint density at radius 3 is 2.31 bits per heavy atom. The summed E-state index contributed by atoms with van der Waals surface area (Å²) in [5.41, 5.74) is -2.37. The fourth-order valence-electron chi connectivity index (χ4n) is 6.86. The molecule has 2 aliphatic heterocycles. The second kappa shape index (κ2) is 13.6. The summed E-state index contributed by atoms with van der Waals surface area (Å²) >= 11 is 12.6. The lowest BCUT2D eigenvalue weighted by molar-refractivity contribution is -0.147. The van der Waals surface area contributed by atoms with Crippen LogP contribution < -0.4 is 10.1 Å². The molecule has 2 aliphatic rings. The van der Waals surface area contributed by atoms with E-state index in [1.54, 1.807) is 92.7 Å². The van der Waals surface area contributed by atoms with Gasteiger partial charge in [0.05, 0.1) is 42.5 Å². The van der Waals surface area contributed by atoms with Crippen LogP contribution in [-0.4, -0.2) is 48.4 Å². The average molecular weight is 694 g/mol. The lowest BCUT2D eigenvalue weighted by atomic mass is 9.81. The smallest absolute Gasteiger partial charge is 0.316 e. The number of para-hydroxylation sites is 1. The SMILES string of the molecule is CC[C@](O)(c1cc(F)c2c(c1)C(=O)N([C@H](c1ccc(Cl)cc1)[C@H](C)C(=O)Oc1ccccc1)[C@@]2(OC)c1ccc(Cl)cc1)C1COCN1. The van der Waals surface area contributed by atoms with E-state index < -0.39 is 47.0 Å². The number of amides is 1. The highest BCUT2D eigenvalue weighted by Gasteiger charge is 2.58. The van der Waals surface area contributed by atoms with E-state index in [4.69, 9.17) is 37.4 Å². The summed E-state index contributed by atoms with van der Waals surface area (Å²) in [6.45, 7) is 3.86. The Labute approximate surface area is 288 Å². The minimum Gasteiger partial charge on any atom is -0.426 e. The monoisotopic (exact) mass is 692 g/mol. The molecule has 250 valence electrons. The number of esters is 1. The Morgan fingerprint density at radius 1 is 1.08 bits per heavy atom. The highest BCUT2D eigenvalue weighted by atomic mass is 35.5. The summed E-state index contributed by atoms with van der Waals surface area (Å²) in [5, 5.41) is 15.9. The molecule has 1 unspecified atom stereocenters. The molecular formula is C37H35Cl2FN2O6. The standard InChI is InChI=1S/C37H35Cl2FN2O6/c1-4-36(45,31-20-47-21-41-31)25-18-29-32(30(40)19-25)37(46-3,24-12-16-27(39)17-13-24)42(34(29)43)33(23-10-14-26(38)15-11-23)22(2)35(44)48-28-8-6-5-7-9-28/h5-19,22,31,33,41,45H,4,20-21H2,1-3H3/t22-,31?,33-,36-,37+/m0/s1. The molecule has 4 aromatic rings. The first-order valence-corrected chi connectivity index (χ1v) is 16.4. The number of nitrogens with zero attached hydrogens (tertiary/aromatic N) is 1. The summed E-state index contributed by atoms with van der Waals surface area (Å²) < 4.78 is 34.4. The van der Waals surface area contributed by atoms with Gasteiger partial charge in [-0.1, -0.05) is 72.6 Å². The first kappa shape index (κ1) is 34.0. The number of halogens is 3. The lowest BCUT2D eigenvalue weighted by Gasteiger charge is -2.44. The second-order valence-corrected chi connectivity index (χ2v) is 12.9. The van der Waals surface area contributed by atoms with Gasteiger partial charge >= 0.3 is 5.97 Å². The van der Waals surface area contributed by atoms with Gasteiger partial charge in [-0.2, -0.15) is 0 Å². The van der Waals surface area contributed by atoms with Crippen molar-refractivity contribution in [2.24, 2.45) is 5.92 Å². The molecule has 6 rings (SSSR count). The number of hydrogen-bond donors (Lipinski definition) is 2. The zero-order chi connectivity index (χ0) is 34.2. The number of hydrogen-bond acceptors (Lipinski definition) is 7. The Hall–Kier alpha value is -3.83. The van der Waals surface area contributed by atoms with Crippen LogP contribution in [0.3, 0.4) is 0 Å². The van der Waals surface area contributed by atoms with E-state index >= 15 is 4.39 Å². The van der Waals surface area contributed by atoms with Crippen LogP contribution in [0.5, 0.6) is 5.75 Å². The van der Waals surface area contributed by atoms with Crippen molar-refractivity contribution in [2.45, 2.75) is 43.7 Å². The van der Waals surface area contributed by atoms with Gasteiger partial charge < -0.3 is 19.3 Å². The van der Waals surface area contributed by atoms with Gasteiger partial charge in [0, 0.05) is 22.7 Å². The molecule has 5 atom stereocenters. The molecule has 1 amide bonds. The number of rotatable bonds is 10. The molecule has 2 heterocycles. The number of nitrogens with one attached hydrogen (secondary N) is 1. The highest BCUT2D eigenvalue weighted by Crippen LogP contribution is 2.53. The maximum absolute atomic E-state index is 16.9. The predicted octanol–water partition coefficient (Wildman–Crippen LogP) is 6.96. The molecule has 8 nitrogen and oxygen atoms in total. The van der Waals surface area contributed by atoms with Crippen molar-refractivity contribution in [3.63, 3.8) is 0 Å². The van der Waals surface area contributed by atoms with Crippen LogP contribution in [0.4, 0.5) is 4.39 Å². The number of carbonyl (C=O) groups excluding carboxylic acids is 2. The van der Waals surface area contributed by atoms with Gasteiger partial charge in [0.15, 0.2) is 5.72 Å². The third-order valence-corrected chi connectivity index (χ3v) is 9.88. The van der Waals surface area contributed by atoms with E-state index in [1.807, 2.05) is 0 Å². The summed E-state index contributed by atoms with van der Waals surface area (Å²) in [4.78, 5) is 30.2. The Kier molecular flexibility index (Phi) is 9.64. The van der Waals surface area contributed by atoms with E-state index in [2.05, 4.69) is 5.32 Å². The zero-order valence-corrected chi connectivity index (χ0v) is 28.1. The predicted molar refractivity (Wildman–Crippen MR) is 179 cm³/mol. The van der Waals surface area contributed by atoms with Gasteiger partial charge in [0.1, 0.15) is 17.2 Å². The summed E-state index contributed by atoms with van der Waals surface area (Å²) in [7, 11) is 1.38. The van der Waals surface area contributed by atoms with Crippen LogP contribution in [0.1, 0.15) is 58.9 Å². The fraction of sp³-hybridized carbons (Fsp3) is 0.297. The molecule has 0 aliphatic carbocycles. The van der Waals surface area contributed by atoms with Crippen LogP contribution >= 0.6 is 23.2 Å². The zero-order valence-electron chi connectivity index (χ0n) is 26.6. The Morgan fingerprint density at radius 2 is 1.73 bits per heavy atom. The first-order chi connectivity index (χ1) is 23.0. The highest BCUT2D eigenvalue weighted by molar-refractivity contribution is 6.30. The van der Waals surface area contributed by atoms with Crippen molar-refractivity contribution in [3.05, 3.63) is 135 Å². The van der Waals surface area contributed by atoms with Gasteiger partial charge in [0.2, 0.25) is 0 Å². The van der Waals surface area contributed by atoms with Crippen LogP contribution in [0.25, 0.3) is 0 Å². The van der Waals surface area contributed by atoms with Gasteiger partial charge in [-0.3, -0.25) is 19.8 Å². The average Bonchev–Trinajstić information content (AvgIpc) is 3.73. The quantitative estimate of drug-likeness (QED) is 0.137. The van der Waals surface area contributed by atoms with Crippen LogP contribution in [-0.2, 0) is 25.6 Å². The van der Waals surface area contributed by atoms with Crippen molar-refractivity contribution in [2.75, 3.05) is 20.4 Å². The van der Waals surface area contributed by atoms with E-state index in [-0.39, 0.29) is 36.4 Å². The molecule has 0 aromatic heterocycles. The lowest BCUT2D eigenvalue weighted by Crippen LogP contribution is -2.51. The molecule has 0 saturated carbocycles. The first-order valence-electron chi connectivity index (χ1n) is 15.6. The van der Waals surface area contributed by atoms with Crippen molar-refractivity contribution >= 4 is 35.1 Å². The number of methoxy groups -OCH3 is 1. The molecular weight excluding hydrogens is 658 g/mol. The summed E-state index contributed by atoms with van der Waals surface area (Å²) in [5.74, 6) is -2.68. The summed E-state index contributed by atoms with van der Waals surface area (Å²) in [6.07, 6.45) is 0.215. The van der Waals surface area contributed by atoms with Crippen molar-refractivity contribution in [1.82, 2.24) is 10.2 Å². The molecule has 0 spiro atoms. The number of carbonyl (C=O) groups is 2. The van der Waals surface area contributed by atoms with Crippen LogP contribution in [0.2, 0.25) is 10.0 Å². The van der Waals surface area contributed by atoms with E-state index in [0.717, 1.165) is 0 Å². The van der Waals surface area contributed by atoms with Crippen molar-refractivity contribution in [1.29, 1.82) is 0 Å². The van der Waals surface area contributed by atoms with Gasteiger partial charge in [0.25, 0.3) is 5.91 Å². The van der Waals surface area contributed by atoms with E-state index in [0.29, 0.717) is 26.9 Å². The summed E-state index contributed by atoms with van der Waals surface area (Å²) in [6, 6.07) is 23.0. The third kappa shape index (κ3) is 5.78. The number of aliphatic hydroxyl groups is 1. The second-order valence-electron chi connectivity index (χ2n) is 12.0. The van der Waals surface area contributed by atoms with E-state index in [1.165, 1.54) is 24.1 Å². The molecule has 0 bridgehead atoms. The molecule has 11 heteroatoms. The molecule has 48 heavy (non-hydrogen) atoms. The van der Waals surface area contributed by atoms with Gasteiger partial charge in [-0.05, 0) is 73.0 Å². The maximum atomic E-state index is 16.9. The third-order valence-electron chi connectivity index (χ3n) is 9.38. The largest absolute Gasteiger partial charge is 0.426 e. The van der Waals surface area contributed by atoms with Crippen molar-refractivity contribution < 1.29 is 33.3 Å². The minimum atomic E-state index is -1.87. The minimum absolute atomic E-state index is 0.0184. The van der Waals surface area contributed by atoms with Crippen molar-refractivity contribution in [3.8, 4) is 5.75 Å². The Bertz CT molecular complexity index is 1800. The fourth-order valence-corrected chi connectivity index (χ4v) is 7.12. The molecule has 2 N–H and O–H groups in total. The molecule has 0 radical (unpaired) electrons. The van der Waals surface area contributed by atoms with Crippen LogP contribution in [0.15, 0.2) is 91.0 Å². The molecule has 1 fully saturated rings. The maximum Gasteiger partial charge on any atom is 0.316 e. The number of ether oxygens (including phenoxy) is 3. The molecule has 1 saturated heterocycles.